The van der Waals surface area contributed by atoms with Crippen LogP contribution in [-0.4, -0.2) is 52.7 Å². The van der Waals surface area contributed by atoms with Gasteiger partial charge in [-0.15, -0.1) is 0 Å². The number of hydrogen-bond donors (Lipinski definition) is 1. The number of β-amino-alcohol motifs (C(OH)–C–C–N with tert-alkyl or cyclic N) is 1. The zero-order chi connectivity index (χ0) is 11.6. The lowest BCUT2D eigenvalue weighted by Crippen LogP contribution is -2.44. The van der Waals surface area contributed by atoms with Gasteiger partial charge in [0.1, 0.15) is 0 Å². The lowest BCUT2D eigenvalue weighted by Gasteiger charge is -2.27. The third kappa shape index (κ3) is 2.67. The van der Waals surface area contributed by atoms with Crippen LogP contribution in [0, 0.1) is 0 Å². The highest BCUT2D eigenvalue weighted by molar-refractivity contribution is 5.75. The van der Waals surface area contributed by atoms with Gasteiger partial charge in [0.25, 0.3) is 0 Å². The van der Waals surface area contributed by atoms with Gasteiger partial charge in [-0.3, -0.25) is 0 Å². The topological polar surface area (TPSA) is 43.8 Å². The molecule has 92 valence electrons. The molecule has 0 aromatic heterocycles. The number of urea groups is 1. The second-order valence-corrected chi connectivity index (χ2v) is 5.35. The first-order valence-corrected chi connectivity index (χ1v) is 6.35. The Morgan fingerprint density at radius 3 is 2.19 bits per heavy atom. The molecular formula is C12H22N2O2. The molecule has 0 aromatic carbocycles. The SMILES string of the molecule is CC1(O)CCN(C(=O)N2CCCCCC2)C1. The molecule has 0 spiro atoms. The van der Waals surface area contributed by atoms with E-state index in [2.05, 4.69) is 0 Å². The van der Waals surface area contributed by atoms with E-state index in [1.54, 1.807) is 4.90 Å². The van der Waals surface area contributed by atoms with Crippen molar-refractivity contribution in [1.29, 1.82) is 0 Å². The van der Waals surface area contributed by atoms with Crippen molar-refractivity contribution >= 4 is 6.03 Å². The second kappa shape index (κ2) is 4.62. The highest BCUT2D eigenvalue weighted by Gasteiger charge is 2.35. The Labute approximate surface area is 97.2 Å². The predicted octanol–water partition coefficient (Wildman–Crippen LogP) is 1.44. The van der Waals surface area contributed by atoms with Crippen LogP contribution in [0.3, 0.4) is 0 Å². The van der Waals surface area contributed by atoms with E-state index in [1.807, 2.05) is 11.8 Å². The fourth-order valence-electron chi connectivity index (χ4n) is 2.57. The molecule has 0 bridgehead atoms. The average molecular weight is 226 g/mol. The largest absolute Gasteiger partial charge is 0.388 e. The number of likely N-dealkylation sites (tertiary alicyclic amines) is 2. The maximum atomic E-state index is 12.2. The van der Waals surface area contributed by atoms with Gasteiger partial charge in [0.15, 0.2) is 0 Å². The van der Waals surface area contributed by atoms with E-state index in [-0.39, 0.29) is 6.03 Å². The summed E-state index contributed by atoms with van der Waals surface area (Å²) in [5.74, 6) is 0. The van der Waals surface area contributed by atoms with E-state index < -0.39 is 5.60 Å². The number of aliphatic hydroxyl groups is 1. The highest BCUT2D eigenvalue weighted by Crippen LogP contribution is 2.22. The predicted molar refractivity (Wildman–Crippen MR) is 62.3 cm³/mol. The second-order valence-electron chi connectivity index (χ2n) is 5.35. The van der Waals surface area contributed by atoms with Gasteiger partial charge in [-0.2, -0.15) is 0 Å². The molecule has 0 aliphatic carbocycles. The van der Waals surface area contributed by atoms with Crippen molar-refractivity contribution in [2.24, 2.45) is 0 Å². The molecule has 4 heteroatoms. The van der Waals surface area contributed by atoms with Crippen LogP contribution in [0.5, 0.6) is 0 Å². The van der Waals surface area contributed by atoms with Gasteiger partial charge in [-0.05, 0) is 26.2 Å². The number of hydrogen-bond acceptors (Lipinski definition) is 2. The van der Waals surface area contributed by atoms with E-state index in [0.29, 0.717) is 19.5 Å². The van der Waals surface area contributed by atoms with Crippen molar-refractivity contribution in [2.75, 3.05) is 26.2 Å². The number of rotatable bonds is 0. The number of nitrogens with zero attached hydrogens (tertiary/aromatic N) is 2. The molecule has 16 heavy (non-hydrogen) atoms. The smallest absolute Gasteiger partial charge is 0.320 e. The van der Waals surface area contributed by atoms with Gasteiger partial charge in [-0.1, -0.05) is 12.8 Å². The van der Waals surface area contributed by atoms with E-state index in [0.717, 1.165) is 25.9 Å². The van der Waals surface area contributed by atoms with Gasteiger partial charge in [0.05, 0.1) is 12.1 Å². The minimum atomic E-state index is -0.679. The Kier molecular flexibility index (Phi) is 3.38. The molecule has 2 amide bonds. The average Bonchev–Trinajstić information content (AvgIpc) is 2.48. The van der Waals surface area contributed by atoms with Gasteiger partial charge in [0.2, 0.25) is 0 Å². The zero-order valence-electron chi connectivity index (χ0n) is 10.1. The number of carbonyl (C=O) groups is 1. The summed E-state index contributed by atoms with van der Waals surface area (Å²) in [5, 5.41) is 9.86. The van der Waals surface area contributed by atoms with Crippen LogP contribution in [0.25, 0.3) is 0 Å². The summed E-state index contributed by atoms with van der Waals surface area (Å²) in [6, 6.07) is 0.125. The van der Waals surface area contributed by atoms with E-state index in [1.165, 1.54) is 12.8 Å². The third-order valence-electron chi connectivity index (χ3n) is 3.60. The van der Waals surface area contributed by atoms with Crippen LogP contribution < -0.4 is 0 Å². The third-order valence-corrected chi connectivity index (χ3v) is 3.60. The Morgan fingerprint density at radius 2 is 1.69 bits per heavy atom. The molecule has 0 saturated carbocycles. The Hall–Kier alpha value is -0.770. The minimum Gasteiger partial charge on any atom is -0.388 e. The van der Waals surface area contributed by atoms with Crippen LogP contribution in [0.15, 0.2) is 0 Å². The van der Waals surface area contributed by atoms with E-state index >= 15 is 0 Å². The van der Waals surface area contributed by atoms with Crippen LogP contribution in [0.2, 0.25) is 0 Å². The normalized spacial score (nSPS) is 31.6. The quantitative estimate of drug-likeness (QED) is 0.679. The summed E-state index contributed by atoms with van der Waals surface area (Å²) in [4.78, 5) is 15.9. The molecule has 2 aliphatic heterocycles. The van der Waals surface area contributed by atoms with Gasteiger partial charge >= 0.3 is 6.03 Å². The zero-order valence-corrected chi connectivity index (χ0v) is 10.1. The molecule has 2 rings (SSSR count). The van der Waals surface area contributed by atoms with Crippen LogP contribution in [0.1, 0.15) is 39.0 Å². The maximum Gasteiger partial charge on any atom is 0.320 e. The van der Waals surface area contributed by atoms with Crippen LogP contribution in [0.4, 0.5) is 4.79 Å². The summed E-state index contributed by atoms with van der Waals surface area (Å²) >= 11 is 0. The molecule has 1 N–H and O–H groups in total. The summed E-state index contributed by atoms with van der Waals surface area (Å²) in [6.45, 7) is 4.77. The van der Waals surface area contributed by atoms with Crippen molar-refractivity contribution in [1.82, 2.24) is 9.80 Å². The molecular weight excluding hydrogens is 204 g/mol. The molecule has 2 heterocycles. The monoisotopic (exact) mass is 226 g/mol. The highest BCUT2D eigenvalue weighted by atomic mass is 16.3. The van der Waals surface area contributed by atoms with E-state index in [4.69, 9.17) is 0 Å². The standard InChI is InChI=1S/C12H22N2O2/c1-12(16)6-9-14(10-12)11(15)13-7-4-2-3-5-8-13/h16H,2-10H2,1H3. The maximum absolute atomic E-state index is 12.2. The fraction of sp³-hybridized carbons (Fsp3) is 0.917. The Bertz CT molecular complexity index is 251. The lowest BCUT2D eigenvalue weighted by molar-refractivity contribution is 0.0689. The summed E-state index contributed by atoms with van der Waals surface area (Å²) in [5.41, 5.74) is -0.679. The van der Waals surface area contributed by atoms with Crippen molar-refractivity contribution in [3.05, 3.63) is 0 Å². The minimum absolute atomic E-state index is 0.125. The molecule has 1 atom stereocenters. The van der Waals surface area contributed by atoms with Crippen molar-refractivity contribution in [3.63, 3.8) is 0 Å². The molecule has 4 nitrogen and oxygen atoms in total. The lowest BCUT2D eigenvalue weighted by atomic mass is 10.1. The summed E-state index contributed by atoms with van der Waals surface area (Å²) in [7, 11) is 0. The fourth-order valence-corrected chi connectivity index (χ4v) is 2.57. The molecule has 1 unspecified atom stereocenters. The number of amides is 2. The van der Waals surface area contributed by atoms with Crippen molar-refractivity contribution < 1.29 is 9.90 Å². The van der Waals surface area contributed by atoms with Crippen molar-refractivity contribution in [3.8, 4) is 0 Å². The summed E-state index contributed by atoms with van der Waals surface area (Å²) < 4.78 is 0. The van der Waals surface area contributed by atoms with E-state index in [9.17, 15) is 9.90 Å². The molecule has 0 aromatic rings. The van der Waals surface area contributed by atoms with Gasteiger partial charge in [0, 0.05) is 19.6 Å². The van der Waals surface area contributed by atoms with Gasteiger partial charge < -0.3 is 14.9 Å². The number of carbonyl (C=O) groups excluding carboxylic acids is 1. The molecule has 0 radical (unpaired) electrons. The first-order valence-electron chi connectivity index (χ1n) is 6.35. The first-order chi connectivity index (χ1) is 7.58. The summed E-state index contributed by atoms with van der Waals surface area (Å²) in [6.07, 6.45) is 5.42. The van der Waals surface area contributed by atoms with Gasteiger partial charge in [-0.25, -0.2) is 4.79 Å². The molecule has 2 fully saturated rings. The Balaban J connectivity index is 1.91. The van der Waals surface area contributed by atoms with Crippen molar-refractivity contribution in [2.45, 2.75) is 44.6 Å². The Morgan fingerprint density at radius 1 is 1.06 bits per heavy atom. The first kappa shape index (κ1) is 11.7. The molecule has 2 aliphatic rings. The molecule has 2 saturated heterocycles. The van der Waals surface area contributed by atoms with Crippen LogP contribution in [-0.2, 0) is 0 Å². The van der Waals surface area contributed by atoms with Crippen LogP contribution >= 0.6 is 0 Å².